The maximum absolute atomic E-state index is 7.83. The predicted molar refractivity (Wildman–Crippen MR) is 110 cm³/mol. The number of quaternary nitrogens is 1. The smallest absolute Gasteiger partial charge is 0.122 e. The lowest BCUT2D eigenvalue weighted by Crippen LogP contribution is -3.00. The van der Waals surface area contributed by atoms with Crippen LogP contribution in [-0.2, 0) is 0 Å². The monoisotopic (exact) mass is 494 g/mol. The third kappa shape index (κ3) is 3.98. The summed E-state index contributed by atoms with van der Waals surface area (Å²) in [6.07, 6.45) is 2.67. The Balaban J connectivity index is 0.00000210. The lowest BCUT2D eigenvalue weighted by molar-refractivity contribution is -0.898. The number of hydrogen-bond donors (Lipinski definition) is 2. The van der Waals surface area contributed by atoms with Crippen LogP contribution in [0.15, 0.2) is 52.3 Å². The molecule has 144 valence electrons. The van der Waals surface area contributed by atoms with Crippen molar-refractivity contribution < 1.29 is 28.5 Å². The zero-order chi connectivity index (χ0) is 18.3. The Kier molecular flexibility index (Phi) is 6.08. The summed E-state index contributed by atoms with van der Waals surface area (Å²) in [5.41, 5.74) is 9.01. The van der Waals surface area contributed by atoms with Gasteiger partial charge in [-0.15, -0.1) is 0 Å². The highest BCUT2D eigenvalue weighted by molar-refractivity contribution is 7.99. The van der Waals surface area contributed by atoms with Crippen LogP contribution < -0.4 is 34.6 Å². The highest BCUT2D eigenvalue weighted by Gasteiger charge is 2.34. The van der Waals surface area contributed by atoms with E-state index in [0.717, 1.165) is 16.6 Å². The molecule has 4 nitrogen and oxygen atoms in total. The Morgan fingerprint density at radius 3 is 2.52 bits per heavy atom. The molecule has 0 amide bonds. The van der Waals surface area contributed by atoms with Gasteiger partial charge in [-0.1, -0.05) is 30.0 Å². The van der Waals surface area contributed by atoms with Crippen LogP contribution in [0.1, 0.15) is 25.3 Å². The van der Waals surface area contributed by atoms with Crippen molar-refractivity contribution in [3.63, 3.8) is 0 Å². The Labute approximate surface area is 183 Å². The lowest BCUT2D eigenvalue weighted by Gasteiger charge is -2.41. The van der Waals surface area contributed by atoms with Crippen LogP contribution in [0, 0.1) is 5.41 Å². The molecule has 0 bridgehead atoms. The van der Waals surface area contributed by atoms with Crippen LogP contribution in [0.25, 0.3) is 0 Å². The number of nitrogens with one attached hydrogen (secondary N) is 1. The summed E-state index contributed by atoms with van der Waals surface area (Å²) in [6, 6.07) is 15.2. The third-order valence-corrected chi connectivity index (χ3v) is 6.80. The van der Waals surface area contributed by atoms with Gasteiger partial charge in [0.05, 0.1) is 44.1 Å². The highest BCUT2D eigenvalue weighted by Crippen LogP contribution is 2.49. The standard InChI is InChI=1S/C21H27N4S.HI/c1-15(14-25(2)11-5-6-12-25)24-17-7-3-4-8-19(17)26-20-10-9-16(21(22)23)13-18(20)24;/h3-4,7-10,13,15H,5-6,11-12,14H2,1-2H3,(H3,22,23);1H/q+1;/p-1. The summed E-state index contributed by atoms with van der Waals surface area (Å²) in [4.78, 5) is 5.01. The second-order valence-corrected chi connectivity index (χ2v) is 8.93. The minimum absolute atomic E-state index is 0. The van der Waals surface area contributed by atoms with E-state index in [-0.39, 0.29) is 29.8 Å². The summed E-state index contributed by atoms with van der Waals surface area (Å²) in [5, 5.41) is 7.83. The second-order valence-electron chi connectivity index (χ2n) is 7.84. The van der Waals surface area contributed by atoms with Crippen molar-refractivity contribution in [3.8, 4) is 0 Å². The average molecular weight is 494 g/mol. The molecule has 3 N–H and O–H groups in total. The van der Waals surface area contributed by atoms with Gasteiger partial charge in [0.1, 0.15) is 5.84 Å². The summed E-state index contributed by atoms with van der Waals surface area (Å²) >= 11 is 1.81. The first-order valence-electron chi connectivity index (χ1n) is 9.35. The number of nitrogen functional groups attached to an aromatic ring is 1. The molecule has 2 heterocycles. The number of para-hydroxylation sites is 1. The minimum atomic E-state index is 0. The number of nitrogens with two attached hydrogens (primary N) is 1. The van der Waals surface area contributed by atoms with Crippen molar-refractivity contribution in [2.24, 2.45) is 5.73 Å². The normalized spacial score (nSPS) is 18.2. The fraction of sp³-hybridized carbons (Fsp3) is 0.381. The average Bonchev–Trinajstić information content (AvgIpc) is 3.04. The topological polar surface area (TPSA) is 53.1 Å². The van der Waals surface area contributed by atoms with Crippen LogP contribution in [0.2, 0.25) is 0 Å². The molecular formula is C21H27IN4S. The van der Waals surface area contributed by atoms with Crippen molar-refractivity contribution in [1.29, 1.82) is 5.41 Å². The van der Waals surface area contributed by atoms with E-state index in [4.69, 9.17) is 11.1 Å². The Morgan fingerprint density at radius 2 is 1.81 bits per heavy atom. The van der Waals surface area contributed by atoms with Gasteiger partial charge in [-0.25, -0.2) is 0 Å². The molecule has 6 heteroatoms. The molecule has 0 spiro atoms. The molecule has 1 saturated heterocycles. The van der Waals surface area contributed by atoms with Gasteiger partial charge >= 0.3 is 0 Å². The zero-order valence-electron chi connectivity index (χ0n) is 15.9. The Morgan fingerprint density at radius 1 is 1.15 bits per heavy atom. The first-order valence-corrected chi connectivity index (χ1v) is 10.2. The van der Waals surface area contributed by atoms with E-state index in [0.29, 0.717) is 6.04 Å². The number of benzene rings is 2. The number of likely N-dealkylation sites (N-methyl/N-ethyl adjacent to an activating group) is 1. The molecule has 0 aromatic heterocycles. The number of likely N-dealkylation sites (tertiary alicyclic amines) is 1. The summed E-state index contributed by atoms with van der Waals surface area (Å²) < 4.78 is 1.15. The van der Waals surface area contributed by atoms with Gasteiger partial charge in [0, 0.05) is 28.2 Å². The summed E-state index contributed by atoms with van der Waals surface area (Å²) in [5.74, 6) is 0.128. The van der Waals surface area contributed by atoms with Gasteiger partial charge < -0.3 is 39.1 Å². The molecule has 4 rings (SSSR count). The number of fused-ring (bicyclic) bond motifs is 2. The van der Waals surface area contributed by atoms with Crippen LogP contribution in [0.4, 0.5) is 11.4 Å². The van der Waals surface area contributed by atoms with Crippen molar-refractivity contribution in [1.82, 2.24) is 0 Å². The fourth-order valence-electron chi connectivity index (χ4n) is 4.43. The van der Waals surface area contributed by atoms with Crippen LogP contribution >= 0.6 is 11.8 Å². The van der Waals surface area contributed by atoms with E-state index in [1.54, 1.807) is 0 Å². The van der Waals surface area contributed by atoms with Crippen molar-refractivity contribution in [3.05, 3.63) is 48.0 Å². The van der Waals surface area contributed by atoms with Gasteiger partial charge in [0.15, 0.2) is 0 Å². The number of hydrogen-bond acceptors (Lipinski definition) is 3. The number of anilines is 2. The minimum Gasteiger partial charge on any atom is -1.00 e. The van der Waals surface area contributed by atoms with Crippen molar-refractivity contribution in [2.45, 2.75) is 35.6 Å². The quantitative estimate of drug-likeness (QED) is 0.291. The number of halogens is 1. The molecule has 2 aromatic carbocycles. The molecule has 2 aliphatic heterocycles. The van der Waals surface area contributed by atoms with Gasteiger partial charge in [0.25, 0.3) is 0 Å². The van der Waals surface area contributed by atoms with Gasteiger partial charge in [-0.2, -0.15) is 0 Å². The van der Waals surface area contributed by atoms with Gasteiger partial charge in [-0.3, -0.25) is 5.41 Å². The fourth-order valence-corrected chi connectivity index (χ4v) is 5.48. The van der Waals surface area contributed by atoms with Gasteiger partial charge in [-0.05, 0) is 31.2 Å². The lowest BCUT2D eigenvalue weighted by atomic mass is 10.1. The summed E-state index contributed by atoms with van der Waals surface area (Å²) in [6.45, 7) is 6.01. The predicted octanol–water partition coefficient (Wildman–Crippen LogP) is 1.21. The van der Waals surface area contributed by atoms with E-state index in [1.165, 1.54) is 47.1 Å². The first kappa shape index (κ1) is 20.5. The van der Waals surface area contributed by atoms with E-state index in [1.807, 2.05) is 17.8 Å². The molecule has 1 fully saturated rings. The number of nitrogens with zero attached hydrogens (tertiary/aromatic N) is 2. The van der Waals surface area contributed by atoms with E-state index in [9.17, 15) is 0 Å². The molecular weight excluding hydrogens is 467 g/mol. The van der Waals surface area contributed by atoms with E-state index < -0.39 is 0 Å². The third-order valence-electron chi connectivity index (χ3n) is 5.67. The molecule has 2 aliphatic rings. The van der Waals surface area contributed by atoms with Crippen molar-refractivity contribution in [2.75, 3.05) is 31.6 Å². The number of amidine groups is 1. The number of rotatable bonds is 4. The molecule has 1 unspecified atom stereocenters. The van der Waals surface area contributed by atoms with Crippen LogP contribution in [0.5, 0.6) is 0 Å². The zero-order valence-corrected chi connectivity index (χ0v) is 18.9. The molecule has 2 aromatic rings. The van der Waals surface area contributed by atoms with Gasteiger partial charge in [0.2, 0.25) is 0 Å². The van der Waals surface area contributed by atoms with Crippen LogP contribution in [-0.4, -0.2) is 43.0 Å². The van der Waals surface area contributed by atoms with E-state index in [2.05, 4.69) is 55.3 Å². The second kappa shape index (κ2) is 8.01. The molecule has 27 heavy (non-hydrogen) atoms. The highest BCUT2D eigenvalue weighted by atomic mass is 127. The molecule has 0 radical (unpaired) electrons. The maximum Gasteiger partial charge on any atom is 0.122 e. The van der Waals surface area contributed by atoms with Crippen molar-refractivity contribution >= 4 is 29.0 Å². The molecule has 1 atom stereocenters. The SMILES string of the molecule is CC(C[N+]1(C)CCCC1)N1c2ccccc2Sc2ccc(C(=N)N)cc21.[I-]. The Bertz CT molecular complexity index is 848. The molecule has 0 aliphatic carbocycles. The largest absolute Gasteiger partial charge is 1.00 e. The summed E-state index contributed by atoms with van der Waals surface area (Å²) in [7, 11) is 2.39. The van der Waals surface area contributed by atoms with E-state index >= 15 is 0 Å². The first-order chi connectivity index (χ1) is 12.5. The Hall–Kier alpha value is -1.25. The van der Waals surface area contributed by atoms with Crippen LogP contribution in [0.3, 0.4) is 0 Å². The molecule has 0 saturated carbocycles. The maximum atomic E-state index is 7.83.